The Kier molecular flexibility index (Phi) is 60.8. The van der Waals surface area contributed by atoms with Crippen LogP contribution in [0.5, 0.6) is 0 Å². The Labute approximate surface area is 543 Å². The highest BCUT2D eigenvalue weighted by molar-refractivity contribution is 7.47. The molecule has 528 valence electrons. The summed E-state index contributed by atoms with van der Waals surface area (Å²) >= 11 is 0. The Balaban J connectivity index is 5.21. The number of aliphatic hydroxyl groups excluding tert-OH is 1. The molecular formula is C70H136O17P2. The SMILES string of the molecule is CCCCCCCCCCCCCCCCC(=O)OC[C@H](COP(=O)(O)OC[C@@H](O)COP(=O)(O)OC[C@@H](COC(=O)CCCCCCCCC)OC(=O)CCCCCCCCCCCC(C)C)OC(=O)CCCCCCCCCCCCCCCC(C)C. The molecule has 0 rings (SSSR count). The third kappa shape index (κ3) is 64.6. The zero-order valence-corrected chi connectivity index (χ0v) is 59.5. The van der Waals surface area contributed by atoms with Gasteiger partial charge in [-0.25, -0.2) is 9.13 Å². The van der Waals surface area contributed by atoms with Crippen molar-refractivity contribution in [2.45, 2.75) is 374 Å². The van der Waals surface area contributed by atoms with Gasteiger partial charge in [-0.2, -0.15) is 0 Å². The fraction of sp³-hybridized carbons (Fsp3) is 0.943. The minimum absolute atomic E-state index is 0.105. The van der Waals surface area contributed by atoms with Gasteiger partial charge < -0.3 is 33.8 Å². The monoisotopic (exact) mass is 1310 g/mol. The number of hydrogen-bond donors (Lipinski definition) is 3. The molecule has 3 N–H and O–H groups in total. The third-order valence-electron chi connectivity index (χ3n) is 16.2. The Morgan fingerprint density at radius 2 is 0.517 bits per heavy atom. The summed E-state index contributed by atoms with van der Waals surface area (Å²) < 4.78 is 68.2. The normalized spacial score (nSPS) is 14.1. The van der Waals surface area contributed by atoms with Crippen LogP contribution in [0, 0.1) is 11.8 Å². The van der Waals surface area contributed by atoms with E-state index in [1.807, 2.05) is 0 Å². The van der Waals surface area contributed by atoms with Crippen LogP contribution in [0.2, 0.25) is 0 Å². The van der Waals surface area contributed by atoms with Crippen molar-refractivity contribution >= 4 is 39.5 Å². The summed E-state index contributed by atoms with van der Waals surface area (Å²) in [7, 11) is -9.90. The summed E-state index contributed by atoms with van der Waals surface area (Å²) in [6.07, 6.45) is 47.3. The zero-order valence-electron chi connectivity index (χ0n) is 57.7. The maximum Gasteiger partial charge on any atom is 0.472 e. The lowest BCUT2D eigenvalue weighted by atomic mass is 10.0. The van der Waals surface area contributed by atoms with Crippen LogP contribution < -0.4 is 0 Å². The number of hydrogen-bond acceptors (Lipinski definition) is 15. The van der Waals surface area contributed by atoms with Crippen molar-refractivity contribution in [1.82, 2.24) is 0 Å². The molecular weight excluding hydrogens is 1170 g/mol. The minimum Gasteiger partial charge on any atom is -0.462 e. The van der Waals surface area contributed by atoms with E-state index in [2.05, 4.69) is 41.5 Å². The van der Waals surface area contributed by atoms with Crippen LogP contribution >= 0.6 is 15.6 Å². The van der Waals surface area contributed by atoms with Crippen LogP contribution in [-0.2, 0) is 65.4 Å². The third-order valence-corrected chi connectivity index (χ3v) is 18.1. The minimum atomic E-state index is -4.95. The number of carbonyl (C=O) groups is 4. The highest BCUT2D eigenvalue weighted by Crippen LogP contribution is 2.45. The van der Waals surface area contributed by atoms with Crippen LogP contribution in [0.4, 0.5) is 0 Å². The molecule has 5 atom stereocenters. The van der Waals surface area contributed by atoms with Crippen molar-refractivity contribution in [2.24, 2.45) is 11.8 Å². The van der Waals surface area contributed by atoms with E-state index in [0.29, 0.717) is 25.7 Å². The molecule has 0 aliphatic carbocycles. The summed E-state index contributed by atoms with van der Waals surface area (Å²) in [4.78, 5) is 72.4. The first-order chi connectivity index (χ1) is 42.9. The van der Waals surface area contributed by atoms with E-state index >= 15 is 0 Å². The molecule has 0 bridgehead atoms. The number of ether oxygens (including phenoxy) is 4. The summed E-state index contributed by atoms with van der Waals surface area (Å²) in [6.45, 7) is 9.50. The van der Waals surface area contributed by atoms with Crippen LogP contribution in [0.1, 0.15) is 356 Å². The van der Waals surface area contributed by atoms with Crippen molar-refractivity contribution in [3.63, 3.8) is 0 Å². The van der Waals surface area contributed by atoms with Gasteiger partial charge in [-0.1, -0.05) is 305 Å². The van der Waals surface area contributed by atoms with E-state index in [0.717, 1.165) is 115 Å². The van der Waals surface area contributed by atoms with Crippen LogP contribution in [0.25, 0.3) is 0 Å². The predicted molar refractivity (Wildman–Crippen MR) is 358 cm³/mol. The summed E-state index contributed by atoms with van der Waals surface area (Å²) in [6, 6.07) is 0. The molecule has 0 aromatic heterocycles. The number of rotatable bonds is 69. The topological polar surface area (TPSA) is 237 Å². The van der Waals surface area contributed by atoms with Crippen molar-refractivity contribution in [3.8, 4) is 0 Å². The molecule has 0 fully saturated rings. The second-order valence-corrected chi connectivity index (χ2v) is 29.1. The number of phosphoric acid groups is 2. The highest BCUT2D eigenvalue weighted by Gasteiger charge is 2.30. The molecule has 0 saturated carbocycles. The van der Waals surface area contributed by atoms with Gasteiger partial charge >= 0.3 is 39.5 Å². The first kappa shape index (κ1) is 87.1. The molecule has 0 spiro atoms. The molecule has 17 nitrogen and oxygen atoms in total. The Morgan fingerprint density at radius 3 is 0.764 bits per heavy atom. The van der Waals surface area contributed by atoms with Crippen molar-refractivity contribution in [3.05, 3.63) is 0 Å². The Morgan fingerprint density at radius 1 is 0.303 bits per heavy atom. The molecule has 89 heavy (non-hydrogen) atoms. The van der Waals surface area contributed by atoms with E-state index < -0.39 is 97.5 Å². The Hall–Kier alpha value is -1.94. The van der Waals surface area contributed by atoms with Gasteiger partial charge in [-0.05, 0) is 37.5 Å². The quantitative estimate of drug-likeness (QED) is 0.0222. The molecule has 0 aromatic rings. The smallest absolute Gasteiger partial charge is 0.462 e. The molecule has 0 radical (unpaired) electrons. The Bertz CT molecular complexity index is 1730. The van der Waals surface area contributed by atoms with E-state index in [-0.39, 0.29) is 25.7 Å². The number of unbranched alkanes of at least 4 members (excludes halogenated alkanes) is 39. The van der Waals surface area contributed by atoms with Gasteiger partial charge in [-0.15, -0.1) is 0 Å². The highest BCUT2D eigenvalue weighted by atomic mass is 31.2. The van der Waals surface area contributed by atoms with Gasteiger partial charge in [0.15, 0.2) is 12.2 Å². The summed E-state index contributed by atoms with van der Waals surface area (Å²) in [5, 5.41) is 10.6. The average Bonchev–Trinajstić information content (AvgIpc) is 3.56. The number of carbonyl (C=O) groups excluding carboxylic acids is 4. The molecule has 0 saturated heterocycles. The fourth-order valence-electron chi connectivity index (χ4n) is 10.6. The molecule has 0 aliphatic rings. The molecule has 0 heterocycles. The van der Waals surface area contributed by atoms with Gasteiger partial charge in [0.2, 0.25) is 0 Å². The standard InChI is InChI=1S/C70H136O17P2/c1-7-9-11-13-15-16-17-18-21-24-29-35-41-47-53-68(73)81-59-66(87-69(74)54-48-42-36-30-25-22-19-20-23-27-33-38-44-50-62(3)4)61-85-89(78,79)83-57-64(71)56-82-88(76,77)84-60-65(58-80-67(72)52-46-40-32-14-12-10-8-2)86-70(75)55-49-43-37-31-26-28-34-39-45-51-63(5)6/h62-66,71H,7-61H2,1-6H3,(H,76,77)(H,78,79)/t64-,65+,66+/m0/s1. The van der Waals surface area contributed by atoms with E-state index in [1.54, 1.807) is 0 Å². The lowest BCUT2D eigenvalue weighted by Gasteiger charge is -2.21. The van der Waals surface area contributed by atoms with Crippen LogP contribution in [0.3, 0.4) is 0 Å². The van der Waals surface area contributed by atoms with Crippen molar-refractivity contribution < 1.29 is 80.2 Å². The molecule has 0 aromatic carbocycles. The number of aliphatic hydroxyl groups is 1. The zero-order chi connectivity index (χ0) is 65.7. The first-order valence-corrected chi connectivity index (χ1v) is 39.5. The van der Waals surface area contributed by atoms with Crippen molar-refractivity contribution in [1.29, 1.82) is 0 Å². The fourth-order valence-corrected chi connectivity index (χ4v) is 12.2. The predicted octanol–water partition coefficient (Wildman–Crippen LogP) is 20.0. The van der Waals surface area contributed by atoms with Crippen LogP contribution in [-0.4, -0.2) is 96.7 Å². The van der Waals surface area contributed by atoms with Crippen molar-refractivity contribution in [2.75, 3.05) is 39.6 Å². The lowest BCUT2D eigenvalue weighted by molar-refractivity contribution is -0.161. The van der Waals surface area contributed by atoms with Crippen LogP contribution in [0.15, 0.2) is 0 Å². The second kappa shape index (κ2) is 62.2. The molecule has 0 aliphatic heterocycles. The lowest BCUT2D eigenvalue weighted by Crippen LogP contribution is -2.30. The van der Waals surface area contributed by atoms with E-state index in [1.165, 1.54) is 161 Å². The largest absolute Gasteiger partial charge is 0.472 e. The average molecular weight is 1310 g/mol. The molecule has 19 heteroatoms. The van der Waals surface area contributed by atoms with E-state index in [4.69, 9.17) is 37.0 Å². The van der Waals surface area contributed by atoms with Gasteiger partial charge in [0, 0.05) is 25.7 Å². The summed E-state index contributed by atoms with van der Waals surface area (Å²) in [5.74, 6) is -0.604. The molecule has 0 amide bonds. The maximum atomic E-state index is 13.0. The second-order valence-electron chi connectivity index (χ2n) is 26.2. The number of phosphoric ester groups is 2. The van der Waals surface area contributed by atoms with Gasteiger partial charge in [0.1, 0.15) is 19.3 Å². The van der Waals surface area contributed by atoms with Gasteiger partial charge in [0.05, 0.1) is 26.4 Å². The van der Waals surface area contributed by atoms with Gasteiger partial charge in [0.25, 0.3) is 0 Å². The van der Waals surface area contributed by atoms with E-state index in [9.17, 15) is 43.2 Å². The summed E-state index contributed by atoms with van der Waals surface area (Å²) in [5.41, 5.74) is 0. The first-order valence-electron chi connectivity index (χ1n) is 36.5. The number of esters is 4. The molecule has 2 unspecified atom stereocenters. The maximum absolute atomic E-state index is 13.0. The van der Waals surface area contributed by atoms with Gasteiger partial charge in [-0.3, -0.25) is 37.3 Å².